The molecule has 5 aromatic rings. The second-order valence-electron chi connectivity index (χ2n) is 11.7. The summed E-state index contributed by atoms with van der Waals surface area (Å²) < 4.78 is 0. The Balaban J connectivity index is 1.25. The molecule has 3 atom stereocenters. The molecule has 222 valence electrons. The summed E-state index contributed by atoms with van der Waals surface area (Å²) in [5.41, 5.74) is 10.5. The predicted molar refractivity (Wildman–Crippen MR) is 183 cm³/mol. The van der Waals surface area contributed by atoms with Gasteiger partial charge in [0, 0.05) is 5.92 Å². The molecule has 46 heavy (non-hydrogen) atoms. The molecule has 0 bridgehead atoms. The summed E-state index contributed by atoms with van der Waals surface area (Å²) in [5, 5.41) is 30.0. The van der Waals surface area contributed by atoms with E-state index < -0.39 is 0 Å². The molecule has 1 aliphatic heterocycles. The van der Waals surface area contributed by atoms with E-state index in [2.05, 4.69) is 113 Å². The van der Waals surface area contributed by atoms with Crippen molar-refractivity contribution in [3.8, 4) is 23.3 Å². The topological polar surface area (TPSA) is 83.7 Å². The van der Waals surface area contributed by atoms with Gasteiger partial charge < -0.3 is 0 Å². The van der Waals surface area contributed by atoms with Crippen molar-refractivity contribution < 1.29 is 0 Å². The van der Waals surface area contributed by atoms with Gasteiger partial charge in [-0.05, 0) is 81.3 Å². The average molecular weight is 596 g/mol. The van der Waals surface area contributed by atoms with Crippen LogP contribution in [0, 0.1) is 22.7 Å². The minimum absolute atomic E-state index is 0.0628. The summed E-state index contributed by atoms with van der Waals surface area (Å²) in [4.78, 5) is 0. The molecule has 3 N–H and O–H groups in total. The van der Waals surface area contributed by atoms with Gasteiger partial charge in [0.15, 0.2) is 0 Å². The Morgan fingerprint density at radius 1 is 0.500 bits per heavy atom. The molecular weight excluding hydrogens is 562 g/mol. The fourth-order valence-corrected chi connectivity index (χ4v) is 6.29. The number of hydrogen-bond acceptors (Lipinski definition) is 5. The summed E-state index contributed by atoms with van der Waals surface area (Å²) in [6.45, 7) is 0. The highest BCUT2D eigenvalue weighted by molar-refractivity contribution is 5.76. The van der Waals surface area contributed by atoms with Crippen LogP contribution in [0.15, 0.2) is 146 Å². The molecule has 1 saturated heterocycles. The molecule has 0 spiro atoms. The van der Waals surface area contributed by atoms with Crippen LogP contribution in [-0.2, 0) is 0 Å². The van der Waals surface area contributed by atoms with Crippen LogP contribution in [0.1, 0.15) is 69.8 Å². The van der Waals surface area contributed by atoms with Crippen LogP contribution in [0.25, 0.3) is 16.7 Å². The third-order valence-electron chi connectivity index (χ3n) is 8.80. The van der Waals surface area contributed by atoms with Crippen molar-refractivity contribution in [2.24, 2.45) is 0 Å². The molecule has 1 heterocycles. The first-order chi connectivity index (χ1) is 22.7. The normalized spacial score (nSPS) is 20.7. The number of nitrogens with zero attached hydrogens (tertiary/aromatic N) is 2. The monoisotopic (exact) mass is 595 g/mol. The second kappa shape index (κ2) is 13.2. The number of benzene rings is 5. The first kappa shape index (κ1) is 29.2. The molecule has 3 unspecified atom stereocenters. The third-order valence-corrected chi connectivity index (χ3v) is 8.80. The molecule has 0 aromatic heterocycles. The zero-order valence-electron chi connectivity index (χ0n) is 25.3. The van der Waals surface area contributed by atoms with Crippen molar-refractivity contribution in [2.75, 3.05) is 0 Å². The summed E-state index contributed by atoms with van der Waals surface area (Å²) in [7, 11) is 0. The van der Waals surface area contributed by atoms with Crippen LogP contribution in [0.3, 0.4) is 0 Å². The van der Waals surface area contributed by atoms with E-state index in [9.17, 15) is 10.5 Å². The lowest BCUT2D eigenvalue weighted by molar-refractivity contribution is 0.203. The van der Waals surface area contributed by atoms with Crippen LogP contribution < -0.4 is 16.0 Å². The summed E-state index contributed by atoms with van der Waals surface area (Å²) in [6.07, 6.45) is 7.39. The number of nitriles is 2. The molecule has 0 saturated carbocycles. The van der Waals surface area contributed by atoms with E-state index in [1.54, 1.807) is 0 Å². The Labute approximate surface area is 270 Å². The van der Waals surface area contributed by atoms with Gasteiger partial charge in [-0.3, -0.25) is 16.0 Å². The van der Waals surface area contributed by atoms with Crippen LogP contribution in [-0.4, -0.2) is 0 Å². The van der Waals surface area contributed by atoms with E-state index in [0.29, 0.717) is 11.1 Å². The van der Waals surface area contributed by atoms with Gasteiger partial charge in [0.05, 0.1) is 41.8 Å². The standard InChI is InChI=1S/C41H33N5/c42-26-28-11-15-30(16-12-28)31-19-21-33(22-20-31)37-23-36(32-17-13-29(27-43)14-18-32)24-38(25-37)41-45-39(34-7-3-1-4-8-34)44-40(46-41)35-9-5-2-6-10-35/h1-21,23-25,33,39-41,44-46H,22H2. The maximum Gasteiger partial charge on any atom is 0.0991 e. The van der Waals surface area contributed by atoms with Crippen LogP contribution >= 0.6 is 0 Å². The average Bonchev–Trinajstić information content (AvgIpc) is 3.15. The number of hydrogen-bond donors (Lipinski definition) is 3. The maximum atomic E-state index is 9.40. The number of rotatable bonds is 6. The highest BCUT2D eigenvalue weighted by Gasteiger charge is 2.30. The second-order valence-corrected chi connectivity index (χ2v) is 11.7. The van der Waals surface area contributed by atoms with Gasteiger partial charge in [0.1, 0.15) is 0 Å². The molecule has 5 heteroatoms. The zero-order chi connectivity index (χ0) is 31.3. The lowest BCUT2D eigenvalue weighted by atomic mass is 9.85. The highest BCUT2D eigenvalue weighted by Crippen LogP contribution is 2.36. The molecule has 0 amide bonds. The fraction of sp³-hybridized carbons (Fsp3) is 0.122. The van der Waals surface area contributed by atoms with E-state index in [0.717, 1.165) is 28.7 Å². The summed E-state index contributed by atoms with van der Waals surface area (Å²) in [5.74, 6) is 0.204. The Morgan fingerprint density at radius 2 is 1.00 bits per heavy atom. The van der Waals surface area contributed by atoms with Gasteiger partial charge in [0.2, 0.25) is 0 Å². The third kappa shape index (κ3) is 6.31. The van der Waals surface area contributed by atoms with Gasteiger partial charge in [0.25, 0.3) is 0 Å². The molecule has 7 rings (SSSR count). The first-order valence-corrected chi connectivity index (χ1v) is 15.6. The van der Waals surface area contributed by atoms with Crippen molar-refractivity contribution in [3.05, 3.63) is 185 Å². The summed E-state index contributed by atoms with van der Waals surface area (Å²) >= 11 is 0. The summed E-state index contributed by atoms with van der Waals surface area (Å²) in [6, 6.07) is 47.9. The number of nitrogens with one attached hydrogen (secondary N) is 3. The van der Waals surface area contributed by atoms with Gasteiger partial charge in [-0.25, -0.2) is 0 Å². The lowest BCUT2D eigenvalue weighted by Crippen LogP contribution is -2.54. The molecular formula is C41H33N5. The minimum Gasteiger partial charge on any atom is -0.279 e. The van der Waals surface area contributed by atoms with Gasteiger partial charge >= 0.3 is 0 Å². The van der Waals surface area contributed by atoms with Crippen LogP contribution in [0.4, 0.5) is 0 Å². The van der Waals surface area contributed by atoms with Crippen LogP contribution in [0.2, 0.25) is 0 Å². The van der Waals surface area contributed by atoms with Crippen molar-refractivity contribution in [3.63, 3.8) is 0 Å². The van der Waals surface area contributed by atoms with Gasteiger partial charge in [-0.2, -0.15) is 10.5 Å². The highest BCUT2D eigenvalue weighted by atomic mass is 15.4. The van der Waals surface area contributed by atoms with Crippen molar-refractivity contribution in [2.45, 2.75) is 30.8 Å². The predicted octanol–water partition coefficient (Wildman–Crippen LogP) is 8.40. The van der Waals surface area contributed by atoms with Crippen molar-refractivity contribution >= 4 is 5.57 Å². The maximum absolute atomic E-state index is 9.40. The molecule has 0 radical (unpaired) electrons. The lowest BCUT2D eigenvalue weighted by Gasteiger charge is -2.40. The molecule has 1 aliphatic carbocycles. The van der Waals surface area contributed by atoms with Gasteiger partial charge in [-0.1, -0.05) is 115 Å². The molecule has 2 aliphatic rings. The van der Waals surface area contributed by atoms with E-state index in [1.165, 1.54) is 22.3 Å². The van der Waals surface area contributed by atoms with E-state index >= 15 is 0 Å². The van der Waals surface area contributed by atoms with Gasteiger partial charge in [-0.15, -0.1) is 0 Å². The zero-order valence-corrected chi connectivity index (χ0v) is 25.3. The Morgan fingerprint density at radius 3 is 1.50 bits per heavy atom. The number of allylic oxidation sites excluding steroid dienone is 4. The van der Waals surface area contributed by atoms with E-state index in [4.69, 9.17) is 0 Å². The van der Waals surface area contributed by atoms with Crippen molar-refractivity contribution in [1.29, 1.82) is 10.5 Å². The van der Waals surface area contributed by atoms with Crippen LogP contribution in [0.5, 0.6) is 0 Å². The van der Waals surface area contributed by atoms with E-state index in [-0.39, 0.29) is 24.4 Å². The SMILES string of the molecule is N#Cc1ccc(C2=CCC(c3cc(-c4ccc(C#N)cc4)cc(C4NC(c5ccccc5)NC(c5ccccc5)N4)c3)C=C2)cc1. The Bertz CT molecular complexity index is 1920. The largest absolute Gasteiger partial charge is 0.279 e. The Hall–Kier alpha value is -5.56. The van der Waals surface area contributed by atoms with E-state index in [1.807, 2.05) is 60.7 Å². The smallest absolute Gasteiger partial charge is 0.0991 e. The molecule has 5 aromatic carbocycles. The minimum atomic E-state index is -0.133. The fourth-order valence-electron chi connectivity index (χ4n) is 6.29. The first-order valence-electron chi connectivity index (χ1n) is 15.6. The molecule has 1 fully saturated rings. The quantitative estimate of drug-likeness (QED) is 0.184. The molecule has 5 nitrogen and oxygen atoms in total. The van der Waals surface area contributed by atoms with Crippen molar-refractivity contribution in [1.82, 2.24) is 16.0 Å². The Kier molecular flexibility index (Phi) is 8.37.